The number of aliphatic hydroxyl groups excluding tert-OH is 1. The Hall–Kier alpha value is -16.5. The standard InChI is InChI=1S/C29H29FN2O6S.C27H25FN2O6S.C26H23FN2O6S.C25H21FN2O4/c1-5-14-32(39(4,35)36)24-17-25-23(16-22(24)19-8-7-9-20(15-19)29(34)37-6-2)26(28(33)31-3)27(38-25)18-10-12-21(30)13-11-18;1-16(32)18-5-4-6-19(13-18)21-14-22-24(15-23(21)30(11-12-31)37(3,34)35)36-26(25(22)27(33)29-2)17-7-9-20(28)10-8-17;1-4-34-26(31)17-7-5-6-16(12-17)19-13-20-22(14-21(19)29-36(3,32)33)35-24(23(20)25(30)28-2)15-8-10-18(27)11-9-15;1-3-31-25(30)16-6-4-5-15(11-16)18-12-19-21(13-20(18)27)32-23(22(19)24(29)28-2)14-7-9-17(26)10-8-14/h7-13,15-17H,5-6,14H2,1-4H3,(H,31,33);4-10,13-15,31H,11-12H2,1-3H3,(H,29,33);5-14,29H,4H2,1-3H3,(H,28,30);4-13H,3,27H2,1-2H3,(H,28,29). The summed E-state index contributed by atoms with van der Waals surface area (Å²) in [6, 6.07) is 61.8. The van der Waals surface area contributed by atoms with Gasteiger partial charge in [-0.15, -0.1) is 0 Å². The molecule has 4 amide bonds. The summed E-state index contributed by atoms with van der Waals surface area (Å²) in [7, 11) is -5.31. The van der Waals surface area contributed by atoms with Gasteiger partial charge < -0.3 is 64.0 Å². The quantitative estimate of drug-likeness (QED) is 0.00752. The van der Waals surface area contributed by atoms with Gasteiger partial charge in [-0.2, -0.15) is 0 Å². The Morgan fingerprint density at radius 3 is 0.924 bits per heavy atom. The molecule has 4 heterocycles. The molecule has 0 aliphatic carbocycles. The number of carbonyl (C=O) groups excluding carboxylic acids is 8. The topological polar surface area (TPSA) is 432 Å². The number of hydrogen-bond donors (Lipinski definition) is 7. The van der Waals surface area contributed by atoms with Crippen molar-refractivity contribution in [3.8, 4) is 89.8 Å². The molecule has 144 heavy (non-hydrogen) atoms. The van der Waals surface area contributed by atoms with Gasteiger partial charge in [-0.3, -0.25) is 37.3 Å². The average molecular weight is 2020 g/mol. The molecule has 30 nitrogen and oxygen atoms in total. The molecule has 16 rings (SSSR count). The highest BCUT2D eigenvalue weighted by Gasteiger charge is 2.33. The van der Waals surface area contributed by atoms with E-state index in [0.717, 1.165) is 23.1 Å². The van der Waals surface area contributed by atoms with Crippen molar-refractivity contribution in [2.75, 3.05) is 106 Å². The third kappa shape index (κ3) is 23.5. The predicted octanol–water partition coefficient (Wildman–Crippen LogP) is 19.7. The van der Waals surface area contributed by atoms with Gasteiger partial charge in [-0.1, -0.05) is 61.5 Å². The van der Waals surface area contributed by atoms with Gasteiger partial charge in [0.1, 0.15) is 68.6 Å². The number of ether oxygens (including phenoxy) is 3. The van der Waals surface area contributed by atoms with Crippen LogP contribution in [0.3, 0.4) is 0 Å². The zero-order chi connectivity index (χ0) is 104. The van der Waals surface area contributed by atoms with Crippen LogP contribution in [0.2, 0.25) is 0 Å². The van der Waals surface area contributed by atoms with Crippen LogP contribution < -0.4 is 40.3 Å². The Bertz CT molecular complexity index is 8030. The summed E-state index contributed by atoms with van der Waals surface area (Å²) in [4.78, 5) is 101. The van der Waals surface area contributed by atoms with Crippen molar-refractivity contribution in [3.63, 3.8) is 0 Å². The Morgan fingerprint density at radius 2 is 0.632 bits per heavy atom. The Kier molecular flexibility index (Phi) is 32.7. The van der Waals surface area contributed by atoms with E-state index in [1.807, 2.05) is 13.0 Å². The Balaban J connectivity index is 0.000000161. The second-order valence-corrected chi connectivity index (χ2v) is 38.0. The third-order valence-corrected chi connectivity index (χ3v) is 25.5. The van der Waals surface area contributed by atoms with Crippen molar-refractivity contribution in [2.24, 2.45) is 0 Å². The summed E-state index contributed by atoms with van der Waals surface area (Å²) in [5.41, 5.74) is 17.1. The van der Waals surface area contributed by atoms with E-state index >= 15 is 0 Å². The van der Waals surface area contributed by atoms with Crippen molar-refractivity contribution in [1.82, 2.24) is 21.3 Å². The lowest BCUT2D eigenvalue weighted by molar-refractivity contribution is 0.0517. The molecule has 37 heteroatoms. The van der Waals surface area contributed by atoms with Crippen LogP contribution in [0.5, 0.6) is 0 Å². The summed E-state index contributed by atoms with van der Waals surface area (Å²) in [6.07, 6.45) is 3.69. The van der Waals surface area contributed by atoms with E-state index < -0.39 is 89.8 Å². The molecule has 0 saturated carbocycles. The number of nitrogens with zero attached hydrogens (tertiary/aromatic N) is 2. The van der Waals surface area contributed by atoms with Crippen molar-refractivity contribution >= 4 is 144 Å². The summed E-state index contributed by atoms with van der Waals surface area (Å²) in [5.74, 6) is -4.12. The molecule has 0 radical (unpaired) electrons. The minimum atomic E-state index is -3.84. The number of benzene rings is 12. The minimum Gasteiger partial charge on any atom is -0.462 e. The van der Waals surface area contributed by atoms with Crippen LogP contribution in [0.4, 0.5) is 40.3 Å². The first-order valence-electron chi connectivity index (χ1n) is 44.7. The molecule has 0 saturated heterocycles. The van der Waals surface area contributed by atoms with E-state index in [2.05, 4.69) is 26.0 Å². The van der Waals surface area contributed by atoms with Crippen LogP contribution in [0.25, 0.3) is 134 Å². The van der Waals surface area contributed by atoms with Gasteiger partial charge in [0.05, 0.1) is 108 Å². The Labute approximate surface area is 825 Å². The first-order chi connectivity index (χ1) is 68.7. The van der Waals surface area contributed by atoms with Crippen molar-refractivity contribution in [1.29, 1.82) is 0 Å². The van der Waals surface area contributed by atoms with Crippen LogP contribution in [0.1, 0.15) is 124 Å². The van der Waals surface area contributed by atoms with E-state index in [1.54, 1.807) is 160 Å². The van der Waals surface area contributed by atoms with Gasteiger partial charge >= 0.3 is 17.9 Å². The van der Waals surface area contributed by atoms with Crippen molar-refractivity contribution < 1.29 is 118 Å². The average Bonchev–Trinajstić information content (AvgIpc) is 1.59. The molecular weight excluding hydrogens is 1920 g/mol. The number of sulfonamides is 3. The molecule has 8 N–H and O–H groups in total. The fourth-order valence-electron chi connectivity index (χ4n) is 16.0. The van der Waals surface area contributed by atoms with Gasteiger partial charge in [-0.05, 0) is 220 Å². The van der Waals surface area contributed by atoms with E-state index in [4.69, 9.17) is 37.6 Å². The summed E-state index contributed by atoms with van der Waals surface area (Å²) in [6.45, 7) is 8.64. The van der Waals surface area contributed by atoms with E-state index in [-0.39, 0.29) is 118 Å². The number of carbonyl (C=O) groups is 8. The number of nitrogens with one attached hydrogen (secondary N) is 5. The molecule has 0 aliphatic heterocycles. The van der Waals surface area contributed by atoms with Crippen molar-refractivity contribution in [3.05, 3.63) is 310 Å². The van der Waals surface area contributed by atoms with Gasteiger partial charge in [-0.25, -0.2) is 57.2 Å². The summed E-state index contributed by atoms with van der Waals surface area (Å²) < 4.78 is 174. The molecule has 12 aromatic carbocycles. The zero-order valence-electron chi connectivity index (χ0n) is 79.8. The maximum atomic E-state index is 13.6. The number of ketones is 1. The predicted molar refractivity (Wildman–Crippen MR) is 544 cm³/mol. The second kappa shape index (κ2) is 45.0. The van der Waals surface area contributed by atoms with Crippen molar-refractivity contribution in [2.45, 2.75) is 41.0 Å². The number of fused-ring (bicyclic) bond motifs is 4. The highest BCUT2D eigenvalue weighted by molar-refractivity contribution is 7.92. The van der Waals surface area contributed by atoms with Crippen LogP contribution in [-0.2, 0) is 44.3 Å². The molecule has 4 aromatic heterocycles. The number of anilines is 4. The maximum absolute atomic E-state index is 13.6. The van der Waals surface area contributed by atoms with Crippen LogP contribution in [-0.4, -0.2) is 164 Å². The lowest BCUT2D eigenvalue weighted by Crippen LogP contribution is -2.33. The lowest BCUT2D eigenvalue weighted by Gasteiger charge is -2.25. The number of Topliss-reactive ketones (excluding diaryl/α,β-unsaturated/α-hetero) is 1. The lowest BCUT2D eigenvalue weighted by atomic mass is 9.96. The van der Waals surface area contributed by atoms with Gasteiger partial charge in [0.15, 0.2) is 5.78 Å². The van der Waals surface area contributed by atoms with Crippen LogP contribution >= 0.6 is 0 Å². The maximum Gasteiger partial charge on any atom is 0.338 e. The van der Waals surface area contributed by atoms with Gasteiger partial charge in [0.25, 0.3) is 23.6 Å². The number of hydrogen-bond acceptors (Lipinski definition) is 23. The normalized spacial score (nSPS) is 11.3. The van der Waals surface area contributed by atoms with E-state index in [0.29, 0.717) is 140 Å². The van der Waals surface area contributed by atoms with Gasteiger partial charge in [0, 0.05) is 136 Å². The van der Waals surface area contributed by atoms with E-state index in [9.17, 15) is 86.3 Å². The summed E-state index contributed by atoms with van der Waals surface area (Å²) in [5, 5.41) is 21.8. The van der Waals surface area contributed by atoms with Crippen LogP contribution in [0.15, 0.2) is 260 Å². The number of nitrogen functional groups attached to an aromatic ring is 1. The Morgan fingerprint density at radius 1 is 0.354 bits per heavy atom. The van der Waals surface area contributed by atoms with Gasteiger partial charge in [0.2, 0.25) is 30.1 Å². The molecule has 0 bridgehead atoms. The summed E-state index contributed by atoms with van der Waals surface area (Å²) >= 11 is 0. The number of rotatable bonds is 29. The molecule has 0 spiro atoms. The molecule has 744 valence electrons. The monoisotopic (exact) mass is 2020 g/mol. The number of aliphatic hydroxyl groups is 1. The number of halogens is 4. The number of esters is 3. The highest BCUT2D eigenvalue weighted by Crippen LogP contribution is 2.47. The molecule has 0 unspecified atom stereocenters. The molecule has 16 aromatic rings. The number of furan rings is 4. The first kappa shape index (κ1) is 105. The molecular formula is C107H98F4N8O22S3. The molecule has 0 aliphatic rings. The third-order valence-electron chi connectivity index (χ3n) is 22.5. The highest BCUT2D eigenvalue weighted by atomic mass is 32.2. The minimum absolute atomic E-state index is 0.173. The fraction of sp³-hybridized carbons (Fsp3) is 0.178. The second-order valence-electron chi connectivity index (χ2n) is 32.4. The fourth-order valence-corrected chi connectivity index (χ4v) is 18.6. The first-order valence-corrected chi connectivity index (χ1v) is 50.3. The molecule has 0 fully saturated rings. The zero-order valence-corrected chi connectivity index (χ0v) is 82.2. The SMILES string of the molecule is CCCN(c1cc2oc(-c3ccc(F)cc3)c(C(=O)NC)c2cc1-c1cccc(C(=O)OCC)c1)S(C)(=O)=O.CCOC(=O)c1cccc(-c2cc3c(C(=O)NC)c(-c4ccc(F)cc4)oc3cc2N)c1.CCOC(=O)c1cccc(-c2cc3c(C(=O)NC)c(-c4ccc(F)cc4)oc3cc2NS(C)(=O)=O)c1.CNC(=O)c1c(-c2ccc(F)cc2)oc2cc(N(CCO)S(C)(=O)=O)c(-c3cccc(C(C)=O)c3)cc12. The van der Waals surface area contributed by atoms with E-state index in [1.165, 1.54) is 136 Å². The largest absolute Gasteiger partial charge is 0.462 e. The number of nitrogens with two attached hydrogens (primary N) is 1. The number of amides is 4. The smallest absolute Gasteiger partial charge is 0.338 e. The molecule has 0 atom stereocenters. The van der Waals surface area contributed by atoms with Crippen LogP contribution in [0, 0.1) is 23.3 Å².